The molecule has 20 heavy (non-hydrogen) atoms. The van der Waals surface area contributed by atoms with Crippen molar-refractivity contribution in [2.24, 2.45) is 17.6 Å². The van der Waals surface area contributed by atoms with Crippen LogP contribution in [0.5, 0.6) is 0 Å². The van der Waals surface area contributed by atoms with Crippen LogP contribution in [0.2, 0.25) is 0 Å². The second kappa shape index (κ2) is 6.40. The fourth-order valence-corrected chi connectivity index (χ4v) is 4.77. The van der Waals surface area contributed by atoms with E-state index < -0.39 is 10.8 Å². The van der Waals surface area contributed by atoms with Crippen molar-refractivity contribution in [2.45, 2.75) is 63.1 Å². The minimum absolute atomic E-state index is 0.0763. The number of aryl methyl sites for hydroxylation is 2. The molecule has 2 N–H and O–H groups in total. The Kier molecular flexibility index (Phi) is 5.03. The maximum absolute atomic E-state index is 12.9. The lowest BCUT2D eigenvalue weighted by molar-refractivity contribution is 0.264. The van der Waals surface area contributed by atoms with Gasteiger partial charge in [-0.1, -0.05) is 19.9 Å². The van der Waals surface area contributed by atoms with Gasteiger partial charge in [0, 0.05) is 10.9 Å². The summed E-state index contributed by atoms with van der Waals surface area (Å²) in [6.45, 7) is 8.69. The molecule has 3 heteroatoms. The maximum atomic E-state index is 12.9. The molecule has 0 amide bonds. The highest BCUT2D eigenvalue weighted by atomic mass is 32.2. The first-order valence-corrected chi connectivity index (χ1v) is 8.85. The van der Waals surface area contributed by atoms with E-state index in [2.05, 4.69) is 39.8 Å². The summed E-state index contributed by atoms with van der Waals surface area (Å²) in [5, 5.41) is 0.109. The molecule has 0 saturated heterocycles. The van der Waals surface area contributed by atoms with Gasteiger partial charge in [0.05, 0.1) is 16.0 Å². The lowest BCUT2D eigenvalue weighted by Gasteiger charge is -2.35. The predicted octanol–water partition coefficient (Wildman–Crippen LogP) is 3.56. The lowest BCUT2D eigenvalue weighted by Crippen LogP contribution is -2.43. The van der Waals surface area contributed by atoms with Crippen molar-refractivity contribution in [1.82, 2.24) is 0 Å². The van der Waals surface area contributed by atoms with Crippen molar-refractivity contribution >= 4 is 10.8 Å². The number of hydrogen-bond donors (Lipinski definition) is 1. The molecule has 0 aromatic heterocycles. The first-order valence-electron chi connectivity index (χ1n) is 7.63. The highest BCUT2D eigenvalue weighted by Gasteiger charge is 2.34. The van der Waals surface area contributed by atoms with Gasteiger partial charge in [-0.15, -0.1) is 0 Å². The SMILES string of the molecule is Cc1ccc(S(=O)C2CC(C(C)C)CCC2N)cc1C. The van der Waals surface area contributed by atoms with Crippen LogP contribution in [0.15, 0.2) is 23.1 Å². The van der Waals surface area contributed by atoms with Crippen molar-refractivity contribution in [3.05, 3.63) is 29.3 Å². The summed E-state index contributed by atoms with van der Waals surface area (Å²) in [6, 6.07) is 6.21. The Morgan fingerprint density at radius 1 is 1.20 bits per heavy atom. The quantitative estimate of drug-likeness (QED) is 0.926. The number of rotatable bonds is 3. The molecule has 1 aliphatic rings. The fraction of sp³-hybridized carbons (Fsp3) is 0.647. The van der Waals surface area contributed by atoms with Crippen LogP contribution in [-0.2, 0) is 10.8 Å². The lowest BCUT2D eigenvalue weighted by atomic mass is 9.79. The molecule has 112 valence electrons. The molecule has 1 aliphatic carbocycles. The molecule has 4 atom stereocenters. The van der Waals surface area contributed by atoms with Crippen LogP contribution in [0.4, 0.5) is 0 Å². The van der Waals surface area contributed by atoms with Crippen LogP contribution >= 0.6 is 0 Å². The Balaban J connectivity index is 2.19. The second-order valence-corrected chi connectivity index (χ2v) is 8.23. The van der Waals surface area contributed by atoms with E-state index in [1.165, 1.54) is 17.5 Å². The Morgan fingerprint density at radius 2 is 1.90 bits per heavy atom. The molecule has 4 unspecified atom stereocenters. The van der Waals surface area contributed by atoms with Crippen molar-refractivity contribution in [2.75, 3.05) is 0 Å². The van der Waals surface area contributed by atoms with Gasteiger partial charge in [0.1, 0.15) is 0 Å². The standard InChI is InChI=1S/C17H27NOS/c1-11(2)14-6-8-16(18)17(10-14)20(19)15-7-5-12(3)13(4)9-15/h5,7,9,11,14,16-17H,6,8,10,18H2,1-4H3. The average molecular weight is 293 g/mol. The molecule has 0 heterocycles. The summed E-state index contributed by atoms with van der Waals surface area (Å²) in [4.78, 5) is 0.943. The van der Waals surface area contributed by atoms with Crippen LogP contribution in [-0.4, -0.2) is 15.5 Å². The van der Waals surface area contributed by atoms with Crippen molar-refractivity contribution in [1.29, 1.82) is 0 Å². The smallest absolute Gasteiger partial charge is 0.0576 e. The van der Waals surface area contributed by atoms with Crippen LogP contribution < -0.4 is 5.73 Å². The van der Waals surface area contributed by atoms with Gasteiger partial charge in [-0.25, -0.2) is 0 Å². The van der Waals surface area contributed by atoms with Crippen molar-refractivity contribution in [3.8, 4) is 0 Å². The van der Waals surface area contributed by atoms with Crippen LogP contribution in [0, 0.1) is 25.7 Å². The first kappa shape index (κ1) is 15.7. The van der Waals surface area contributed by atoms with Crippen LogP contribution in [0.3, 0.4) is 0 Å². The molecule has 1 aromatic rings. The first-order chi connectivity index (χ1) is 9.40. The molecule has 0 radical (unpaired) electrons. The summed E-state index contributed by atoms with van der Waals surface area (Å²) in [5.41, 5.74) is 8.71. The summed E-state index contributed by atoms with van der Waals surface area (Å²) >= 11 is 0. The molecule has 1 aromatic carbocycles. The summed E-state index contributed by atoms with van der Waals surface area (Å²) in [5.74, 6) is 1.32. The van der Waals surface area contributed by atoms with Gasteiger partial charge in [0.25, 0.3) is 0 Å². The molecular formula is C17H27NOS. The van der Waals surface area contributed by atoms with Gasteiger partial charge in [-0.2, -0.15) is 0 Å². The Hall–Kier alpha value is -0.670. The number of hydrogen-bond acceptors (Lipinski definition) is 2. The molecular weight excluding hydrogens is 266 g/mol. The van der Waals surface area contributed by atoms with Crippen LogP contribution in [0.1, 0.15) is 44.2 Å². The third-order valence-electron chi connectivity index (χ3n) is 4.81. The summed E-state index contributed by atoms with van der Waals surface area (Å²) in [7, 11) is -0.981. The second-order valence-electron chi connectivity index (χ2n) is 6.56. The van der Waals surface area contributed by atoms with Crippen LogP contribution in [0.25, 0.3) is 0 Å². The van der Waals surface area contributed by atoms with E-state index in [9.17, 15) is 4.21 Å². The highest BCUT2D eigenvalue weighted by Crippen LogP contribution is 2.33. The van der Waals surface area contributed by atoms with Gasteiger partial charge in [-0.05, 0) is 68.2 Å². The maximum Gasteiger partial charge on any atom is 0.0576 e. The average Bonchev–Trinajstić information content (AvgIpc) is 2.41. The zero-order chi connectivity index (χ0) is 14.9. The van der Waals surface area contributed by atoms with E-state index in [1.807, 2.05) is 6.07 Å². The third-order valence-corrected chi connectivity index (χ3v) is 6.62. The van der Waals surface area contributed by atoms with E-state index in [-0.39, 0.29) is 11.3 Å². The fourth-order valence-electron chi connectivity index (χ4n) is 3.05. The summed E-state index contributed by atoms with van der Waals surface area (Å²) in [6.07, 6.45) is 3.18. The van der Waals surface area contributed by atoms with Crippen molar-refractivity contribution < 1.29 is 4.21 Å². The largest absolute Gasteiger partial charge is 0.327 e. The van der Waals surface area contributed by atoms with Gasteiger partial charge >= 0.3 is 0 Å². The predicted molar refractivity (Wildman–Crippen MR) is 86.3 cm³/mol. The molecule has 0 spiro atoms. The van der Waals surface area contributed by atoms with Gasteiger partial charge in [-0.3, -0.25) is 4.21 Å². The van der Waals surface area contributed by atoms with E-state index >= 15 is 0 Å². The molecule has 0 bridgehead atoms. The molecule has 0 aliphatic heterocycles. The third kappa shape index (κ3) is 3.32. The monoisotopic (exact) mass is 293 g/mol. The number of nitrogens with two attached hydrogens (primary N) is 1. The van der Waals surface area contributed by atoms with Crippen molar-refractivity contribution in [3.63, 3.8) is 0 Å². The van der Waals surface area contributed by atoms with Gasteiger partial charge < -0.3 is 5.73 Å². The molecule has 2 rings (SSSR count). The minimum Gasteiger partial charge on any atom is -0.327 e. The topological polar surface area (TPSA) is 43.1 Å². The Labute approximate surface area is 125 Å². The van der Waals surface area contributed by atoms with E-state index in [1.54, 1.807) is 0 Å². The minimum atomic E-state index is -0.981. The Morgan fingerprint density at radius 3 is 2.50 bits per heavy atom. The Bertz CT molecular complexity index is 498. The zero-order valence-corrected chi connectivity index (χ0v) is 13.9. The number of benzene rings is 1. The molecule has 2 nitrogen and oxygen atoms in total. The van der Waals surface area contributed by atoms with Gasteiger partial charge in [0.2, 0.25) is 0 Å². The highest BCUT2D eigenvalue weighted by molar-refractivity contribution is 7.85. The van der Waals surface area contributed by atoms with E-state index in [0.717, 1.165) is 17.7 Å². The normalized spacial score (nSPS) is 28.6. The molecule has 1 fully saturated rings. The molecule has 1 saturated carbocycles. The van der Waals surface area contributed by atoms with E-state index in [4.69, 9.17) is 5.73 Å². The summed E-state index contributed by atoms with van der Waals surface area (Å²) < 4.78 is 12.9. The van der Waals surface area contributed by atoms with Gasteiger partial charge in [0.15, 0.2) is 0 Å². The zero-order valence-electron chi connectivity index (χ0n) is 13.1. The van der Waals surface area contributed by atoms with E-state index in [0.29, 0.717) is 11.8 Å².